The van der Waals surface area contributed by atoms with Gasteiger partial charge >= 0.3 is 0 Å². The molecule has 1 N–H and O–H groups in total. The number of aromatic nitrogens is 1. The molecule has 7 heteroatoms. The minimum atomic E-state index is 0.130. The lowest BCUT2D eigenvalue weighted by Crippen LogP contribution is -1.84. The molecule has 4 rings (SSSR count). The van der Waals surface area contributed by atoms with Gasteiger partial charge in [0.2, 0.25) is 5.89 Å². The van der Waals surface area contributed by atoms with Crippen LogP contribution >= 0.6 is 43.5 Å². The van der Waals surface area contributed by atoms with E-state index in [0.29, 0.717) is 37.7 Å². The maximum atomic E-state index is 10.1. The molecule has 0 saturated heterocycles. The molecule has 0 spiro atoms. The zero-order chi connectivity index (χ0) is 19.0. The third-order valence-corrected chi connectivity index (χ3v) is 5.28. The molecule has 27 heavy (non-hydrogen) atoms. The van der Waals surface area contributed by atoms with Gasteiger partial charge in [-0.15, -0.1) is 0 Å². The normalized spacial score (nSPS) is 11.5. The molecule has 0 aliphatic heterocycles. The van der Waals surface area contributed by atoms with Crippen molar-refractivity contribution < 1.29 is 9.52 Å². The maximum absolute atomic E-state index is 10.1. The van der Waals surface area contributed by atoms with E-state index in [0.717, 1.165) is 10.0 Å². The highest BCUT2D eigenvalue weighted by Gasteiger charge is 2.11. The van der Waals surface area contributed by atoms with Gasteiger partial charge in [-0.25, -0.2) is 4.98 Å². The molecule has 1 aromatic heterocycles. The second-order valence-electron chi connectivity index (χ2n) is 5.73. The number of rotatable bonds is 3. The molecule has 0 amide bonds. The van der Waals surface area contributed by atoms with Crippen LogP contribution in [0.3, 0.4) is 0 Å². The number of fused-ring (bicyclic) bond motifs is 1. The first-order valence-corrected chi connectivity index (χ1v) is 9.85. The monoisotopic (exact) mass is 504 g/mol. The largest absolute Gasteiger partial charge is 0.506 e. The van der Waals surface area contributed by atoms with E-state index in [-0.39, 0.29) is 5.75 Å². The minimum Gasteiger partial charge on any atom is -0.506 e. The molecule has 1 heterocycles. The van der Waals surface area contributed by atoms with Crippen molar-refractivity contribution in [1.29, 1.82) is 0 Å². The molecule has 0 atom stereocenters. The smallest absolute Gasteiger partial charge is 0.228 e. The lowest BCUT2D eigenvalue weighted by Gasteiger charge is -2.02. The first-order chi connectivity index (χ1) is 13.0. The van der Waals surface area contributed by atoms with Crippen LogP contribution < -0.4 is 0 Å². The van der Waals surface area contributed by atoms with Gasteiger partial charge in [0.1, 0.15) is 11.3 Å². The van der Waals surface area contributed by atoms with Gasteiger partial charge in [0, 0.05) is 16.3 Å². The first kappa shape index (κ1) is 18.2. The average Bonchev–Trinajstić information content (AvgIpc) is 3.07. The van der Waals surface area contributed by atoms with Gasteiger partial charge in [-0.05, 0) is 58.4 Å². The molecule has 134 valence electrons. The molecule has 0 saturated carbocycles. The highest BCUT2D eigenvalue weighted by molar-refractivity contribution is 9.11. The van der Waals surface area contributed by atoms with Crippen LogP contribution in [0.25, 0.3) is 22.6 Å². The molecule has 0 fully saturated rings. The van der Waals surface area contributed by atoms with Gasteiger partial charge in [-0.2, -0.15) is 0 Å². The summed E-state index contributed by atoms with van der Waals surface area (Å²) in [4.78, 5) is 8.95. The van der Waals surface area contributed by atoms with Crippen LogP contribution in [-0.4, -0.2) is 16.3 Å². The standard InChI is InChI=1S/C20H11Br2ClN2O2/c21-12-7-11(19(26)15(22)8-12)10-24-13-5-6-18-17(9-13)25-20(27-18)14-3-1-2-4-16(14)23/h1-10,26H. The van der Waals surface area contributed by atoms with Crippen LogP contribution in [0.4, 0.5) is 5.69 Å². The van der Waals surface area contributed by atoms with E-state index in [1.54, 1.807) is 24.4 Å². The summed E-state index contributed by atoms with van der Waals surface area (Å²) in [7, 11) is 0. The zero-order valence-corrected chi connectivity index (χ0v) is 17.6. The Hall–Kier alpha value is -2.15. The molecule has 0 radical (unpaired) electrons. The molecular formula is C20H11Br2ClN2O2. The summed E-state index contributed by atoms with van der Waals surface area (Å²) in [6.07, 6.45) is 1.60. The number of oxazole rings is 1. The Kier molecular flexibility index (Phi) is 5.04. The van der Waals surface area contributed by atoms with E-state index in [9.17, 15) is 5.11 Å². The summed E-state index contributed by atoms with van der Waals surface area (Å²) in [6.45, 7) is 0. The van der Waals surface area contributed by atoms with Gasteiger partial charge < -0.3 is 9.52 Å². The third-order valence-electron chi connectivity index (χ3n) is 3.89. The number of phenols is 1. The number of phenolic OH excluding ortho intramolecular Hbond substituents is 1. The van der Waals surface area contributed by atoms with Gasteiger partial charge in [-0.1, -0.05) is 39.7 Å². The Balaban J connectivity index is 1.69. The van der Waals surface area contributed by atoms with Crippen LogP contribution in [0.5, 0.6) is 5.75 Å². The Morgan fingerprint density at radius 1 is 1.07 bits per heavy atom. The Labute approximate surface area is 176 Å². The summed E-state index contributed by atoms with van der Waals surface area (Å²) < 4.78 is 7.23. The van der Waals surface area contributed by atoms with Crippen molar-refractivity contribution in [3.63, 3.8) is 0 Å². The van der Waals surface area contributed by atoms with Crippen molar-refractivity contribution in [3.05, 3.63) is 74.1 Å². The molecule has 0 aliphatic rings. The van der Waals surface area contributed by atoms with Crippen molar-refractivity contribution in [3.8, 4) is 17.2 Å². The van der Waals surface area contributed by atoms with E-state index < -0.39 is 0 Å². The summed E-state index contributed by atoms with van der Waals surface area (Å²) >= 11 is 12.9. The van der Waals surface area contributed by atoms with Crippen LogP contribution in [0.2, 0.25) is 5.02 Å². The Morgan fingerprint density at radius 2 is 1.89 bits per heavy atom. The number of hydrogen-bond acceptors (Lipinski definition) is 4. The molecular weight excluding hydrogens is 495 g/mol. The number of nitrogens with zero attached hydrogens (tertiary/aromatic N) is 2. The number of halogens is 3. The van der Waals surface area contributed by atoms with E-state index in [1.165, 1.54) is 0 Å². The number of benzene rings is 3. The number of aromatic hydroxyl groups is 1. The highest BCUT2D eigenvalue weighted by atomic mass is 79.9. The van der Waals surface area contributed by atoms with Crippen LogP contribution in [-0.2, 0) is 0 Å². The number of aliphatic imine (C=N–C) groups is 1. The van der Waals surface area contributed by atoms with E-state index in [1.807, 2.05) is 36.4 Å². The predicted molar refractivity (Wildman–Crippen MR) is 115 cm³/mol. The van der Waals surface area contributed by atoms with Crippen LogP contribution in [0, 0.1) is 0 Å². The topological polar surface area (TPSA) is 58.6 Å². The molecule has 0 unspecified atom stereocenters. The van der Waals surface area contributed by atoms with Gasteiger partial charge in [0.05, 0.1) is 20.7 Å². The molecule has 4 aromatic rings. The predicted octanol–water partition coefficient (Wildman–Crippen LogP) is 7.13. The van der Waals surface area contributed by atoms with E-state index in [4.69, 9.17) is 16.0 Å². The highest BCUT2D eigenvalue weighted by Crippen LogP contribution is 2.33. The summed E-state index contributed by atoms with van der Waals surface area (Å²) in [5, 5.41) is 10.7. The molecule has 4 nitrogen and oxygen atoms in total. The van der Waals surface area contributed by atoms with Crippen molar-refractivity contribution in [2.24, 2.45) is 4.99 Å². The summed E-state index contributed by atoms with van der Waals surface area (Å²) in [5.74, 6) is 0.593. The Morgan fingerprint density at radius 3 is 2.70 bits per heavy atom. The number of hydrogen-bond donors (Lipinski definition) is 1. The second kappa shape index (κ2) is 7.46. The SMILES string of the molecule is Oc1c(Br)cc(Br)cc1C=Nc1ccc2oc(-c3ccccc3Cl)nc2c1. The van der Waals surface area contributed by atoms with Crippen LogP contribution in [0.15, 0.2) is 73.0 Å². The summed E-state index contributed by atoms with van der Waals surface area (Å²) in [6, 6.07) is 16.4. The summed E-state index contributed by atoms with van der Waals surface area (Å²) in [5.41, 5.74) is 3.35. The molecule has 3 aromatic carbocycles. The molecule has 0 bridgehead atoms. The third kappa shape index (κ3) is 3.78. The fourth-order valence-electron chi connectivity index (χ4n) is 2.57. The first-order valence-electron chi connectivity index (χ1n) is 7.89. The van der Waals surface area contributed by atoms with Gasteiger partial charge in [-0.3, -0.25) is 4.99 Å². The van der Waals surface area contributed by atoms with Gasteiger partial charge in [0.25, 0.3) is 0 Å². The zero-order valence-electron chi connectivity index (χ0n) is 13.7. The van der Waals surface area contributed by atoms with Crippen molar-refractivity contribution in [2.75, 3.05) is 0 Å². The maximum Gasteiger partial charge on any atom is 0.228 e. The fraction of sp³-hybridized carbons (Fsp3) is 0. The van der Waals surface area contributed by atoms with Crippen molar-refractivity contribution >= 4 is 66.5 Å². The second-order valence-corrected chi connectivity index (χ2v) is 7.91. The lowest BCUT2D eigenvalue weighted by atomic mass is 10.2. The van der Waals surface area contributed by atoms with Crippen molar-refractivity contribution in [1.82, 2.24) is 4.98 Å². The fourth-order valence-corrected chi connectivity index (χ4v) is 4.05. The van der Waals surface area contributed by atoms with Crippen LogP contribution in [0.1, 0.15) is 5.56 Å². The molecule has 0 aliphatic carbocycles. The quantitative estimate of drug-likeness (QED) is 0.301. The average molecular weight is 507 g/mol. The minimum absolute atomic E-state index is 0.130. The van der Waals surface area contributed by atoms with Crippen molar-refractivity contribution in [2.45, 2.75) is 0 Å². The van der Waals surface area contributed by atoms with E-state index >= 15 is 0 Å². The lowest BCUT2D eigenvalue weighted by molar-refractivity contribution is 0.471. The van der Waals surface area contributed by atoms with E-state index in [2.05, 4.69) is 41.8 Å². The van der Waals surface area contributed by atoms with Gasteiger partial charge in [0.15, 0.2) is 5.58 Å². The Bertz CT molecular complexity index is 1190.